The number of rotatable bonds is 5. The van der Waals surface area contributed by atoms with Crippen LogP contribution in [0.25, 0.3) is 0 Å². The molecule has 1 N–H and O–H groups in total. The second-order valence-corrected chi connectivity index (χ2v) is 7.71. The van der Waals surface area contributed by atoms with E-state index < -0.39 is 6.04 Å². The van der Waals surface area contributed by atoms with Gasteiger partial charge in [-0.3, -0.25) is 19.7 Å². The van der Waals surface area contributed by atoms with Gasteiger partial charge in [-0.25, -0.2) is 4.98 Å². The van der Waals surface area contributed by atoms with Gasteiger partial charge in [-0.2, -0.15) is 5.10 Å². The van der Waals surface area contributed by atoms with E-state index >= 15 is 0 Å². The molecule has 1 unspecified atom stereocenters. The molecule has 31 heavy (non-hydrogen) atoms. The van der Waals surface area contributed by atoms with Gasteiger partial charge in [0, 0.05) is 44.0 Å². The van der Waals surface area contributed by atoms with Crippen molar-refractivity contribution in [1.82, 2.24) is 30.0 Å². The maximum Gasteiger partial charge on any atom is 0.254 e. The van der Waals surface area contributed by atoms with E-state index in [1.165, 1.54) is 0 Å². The zero-order valence-electron chi connectivity index (χ0n) is 17.6. The molecule has 1 atom stereocenters. The summed E-state index contributed by atoms with van der Waals surface area (Å²) in [7, 11) is 0. The van der Waals surface area contributed by atoms with Crippen molar-refractivity contribution in [2.75, 3.05) is 19.6 Å². The van der Waals surface area contributed by atoms with Gasteiger partial charge in [0.25, 0.3) is 5.91 Å². The first-order valence-corrected chi connectivity index (χ1v) is 10.5. The number of aryl methyl sites for hydroxylation is 2. The Balaban J connectivity index is 1.53. The summed E-state index contributed by atoms with van der Waals surface area (Å²) in [4.78, 5) is 38.4. The molecule has 1 aromatic carbocycles. The second-order valence-electron chi connectivity index (χ2n) is 7.71. The molecule has 4 rings (SSSR count). The van der Waals surface area contributed by atoms with Crippen LogP contribution in [0.2, 0.25) is 0 Å². The predicted molar refractivity (Wildman–Crippen MR) is 115 cm³/mol. The standard InChI is InChI=1S/C23H26N6O2/c1-17-25-22(27-26-17)20-16-28(21(30)9-8-18-6-3-2-4-7-18)14-5-15-29(20)23(31)19-10-12-24-13-11-19/h2-4,6-7,10-13,20H,5,8-9,14-16H2,1H3,(H,25,26,27). The van der Waals surface area contributed by atoms with Crippen molar-refractivity contribution < 1.29 is 9.59 Å². The molecule has 1 aliphatic heterocycles. The summed E-state index contributed by atoms with van der Waals surface area (Å²) in [6.45, 7) is 3.34. The molecule has 160 valence electrons. The molecule has 0 aliphatic carbocycles. The number of hydrogen-bond acceptors (Lipinski definition) is 5. The highest BCUT2D eigenvalue weighted by Crippen LogP contribution is 2.25. The van der Waals surface area contributed by atoms with E-state index in [-0.39, 0.29) is 11.8 Å². The molecule has 8 nitrogen and oxygen atoms in total. The minimum Gasteiger partial charge on any atom is -0.340 e. The van der Waals surface area contributed by atoms with Crippen LogP contribution in [0.1, 0.15) is 46.5 Å². The van der Waals surface area contributed by atoms with Crippen LogP contribution >= 0.6 is 0 Å². The molecule has 0 radical (unpaired) electrons. The number of carbonyl (C=O) groups is 2. The van der Waals surface area contributed by atoms with E-state index in [9.17, 15) is 9.59 Å². The van der Waals surface area contributed by atoms with Crippen molar-refractivity contribution in [2.45, 2.75) is 32.2 Å². The molecule has 2 aromatic heterocycles. The van der Waals surface area contributed by atoms with Gasteiger partial charge in [0.2, 0.25) is 5.91 Å². The van der Waals surface area contributed by atoms with Gasteiger partial charge in [0.15, 0.2) is 5.82 Å². The quantitative estimate of drug-likeness (QED) is 0.687. The highest BCUT2D eigenvalue weighted by Gasteiger charge is 2.34. The number of nitrogens with one attached hydrogen (secondary N) is 1. The number of aromatic nitrogens is 4. The molecule has 0 spiro atoms. The van der Waals surface area contributed by atoms with Gasteiger partial charge in [0.1, 0.15) is 11.9 Å². The Morgan fingerprint density at radius 2 is 1.87 bits per heavy atom. The third-order valence-corrected chi connectivity index (χ3v) is 5.52. The Morgan fingerprint density at radius 1 is 1.10 bits per heavy atom. The van der Waals surface area contributed by atoms with E-state index in [0.717, 1.165) is 5.56 Å². The number of pyridine rings is 1. The first kappa shape index (κ1) is 20.7. The van der Waals surface area contributed by atoms with Gasteiger partial charge in [-0.15, -0.1) is 0 Å². The van der Waals surface area contributed by atoms with E-state index in [4.69, 9.17) is 0 Å². The molecule has 1 aliphatic rings. The maximum atomic E-state index is 13.3. The summed E-state index contributed by atoms with van der Waals surface area (Å²) in [5.74, 6) is 1.19. The third kappa shape index (κ3) is 4.96. The van der Waals surface area contributed by atoms with Crippen LogP contribution in [0.4, 0.5) is 0 Å². The van der Waals surface area contributed by atoms with Crippen LogP contribution in [-0.2, 0) is 11.2 Å². The lowest BCUT2D eigenvalue weighted by atomic mass is 10.1. The number of nitrogens with zero attached hydrogens (tertiary/aromatic N) is 5. The molecular formula is C23H26N6O2. The lowest BCUT2D eigenvalue weighted by Gasteiger charge is -2.30. The molecule has 8 heteroatoms. The Morgan fingerprint density at radius 3 is 2.58 bits per heavy atom. The fourth-order valence-electron chi connectivity index (χ4n) is 3.90. The van der Waals surface area contributed by atoms with Crippen molar-refractivity contribution in [3.05, 3.63) is 77.6 Å². The van der Waals surface area contributed by atoms with Crippen LogP contribution in [0.5, 0.6) is 0 Å². The summed E-state index contributed by atoms with van der Waals surface area (Å²) < 4.78 is 0. The molecule has 1 fully saturated rings. The van der Waals surface area contributed by atoms with Gasteiger partial charge in [-0.1, -0.05) is 30.3 Å². The van der Waals surface area contributed by atoms with Crippen LogP contribution < -0.4 is 0 Å². The summed E-state index contributed by atoms with van der Waals surface area (Å²) in [6, 6.07) is 13.0. The first-order valence-electron chi connectivity index (χ1n) is 10.5. The maximum absolute atomic E-state index is 13.3. The number of benzene rings is 1. The zero-order valence-corrected chi connectivity index (χ0v) is 17.6. The van der Waals surface area contributed by atoms with Gasteiger partial charge < -0.3 is 9.80 Å². The van der Waals surface area contributed by atoms with Gasteiger partial charge >= 0.3 is 0 Å². The summed E-state index contributed by atoms with van der Waals surface area (Å²) in [5.41, 5.74) is 1.71. The number of carbonyl (C=O) groups excluding carboxylic acids is 2. The SMILES string of the molecule is Cc1nc(C2CN(C(=O)CCc3ccccc3)CCCN2C(=O)c2ccncc2)n[nH]1. The molecule has 1 saturated heterocycles. The van der Waals surface area contributed by atoms with Crippen molar-refractivity contribution in [3.63, 3.8) is 0 Å². The van der Waals surface area contributed by atoms with Crippen LogP contribution in [-0.4, -0.2) is 61.4 Å². The molecule has 0 saturated carbocycles. The highest BCUT2D eigenvalue weighted by atomic mass is 16.2. The van der Waals surface area contributed by atoms with E-state index in [0.29, 0.717) is 56.1 Å². The van der Waals surface area contributed by atoms with E-state index in [1.807, 2.05) is 42.2 Å². The minimum absolute atomic E-state index is 0.0827. The summed E-state index contributed by atoms with van der Waals surface area (Å²) in [6.07, 6.45) is 5.04. The Bertz CT molecular complexity index is 1020. The Labute approximate surface area is 181 Å². The normalized spacial score (nSPS) is 16.7. The molecular weight excluding hydrogens is 392 g/mol. The molecule has 3 heterocycles. The lowest BCUT2D eigenvalue weighted by Crippen LogP contribution is -2.40. The average molecular weight is 419 g/mol. The molecule has 2 amide bonds. The van der Waals surface area contributed by atoms with Crippen molar-refractivity contribution in [1.29, 1.82) is 0 Å². The monoisotopic (exact) mass is 418 g/mol. The van der Waals surface area contributed by atoms with Crippen molar-refractivity contribution >= 4 is 11.8 Å². The van der Waals surface area contributed by atoms with E-state index in [2.05, 4.69) is 20.2 Å². The predicted octanol–water partition coefficient (Wildman–Crippen LogP) is 2.56. The third-order valence-electron chi connectivity index (χ3n) is 5.52. The van der Waals surface area contributed by atoms with Crippen LogP contribution in [0.3, 0.4) is 0 Å². The Hall–Kier alpha value is -3.55. The van der Waals surface area contributed by atoms with Crippen molar-refractivity contribution in [2.24, 2.45) is 0 Å². The van der Waals surface area contributed by atoms with Crippen LogP contribution in [0, 0.1) is 6.92 Å². The minimum atomic E-state index is -0.409. The number of amides is 2. The number of H-pyrrole nitrogens is 1. The van der Waals surface area contributed by atoms with Gasteiger partial charge in [0.05, 0.1) is 0 Å². The summed E-state index contributed by atoms with van der Waals surface area (Å²) in [5, 5.41) is 7.18. The molecule has 0 bridgehead atoms. The smallest absolute Gasteiger partial charge is 0.254 e. The number of aromatic amines is 1. The van der Waals surface area contributed by atoms with Crippen LogP contribution in [0.15, 0.2) is 54.9 Å². The molecule has 3 aromatic rings. The average Bonchev–Trinajstić information content (AvgIpc) is 3.12. The number of hydrogen-bond donors (Lipinski definition) is 1. The fraction of sp³-hybridized carbons (Fsp3) is 0.348. The lowest BCUT2D eigenvalue weighted by molar-refractivity contribution is -0.131. The topological polar surface area (TPSA) is 95.1 Å². The first-order chi connectivity index (χ1) is 15.1. The van der Waals surface area contributed by atoms with E-state index in [1.54, 1.807) is 29.4 Å². The largest absolute Gasteiger partial charge is 0.340 e. The zero-order chi connectivity index (χ0) is 21.6. The van der Waals surface area contributed by atoms with Crippen molar-refractivity contribution in [3.8, 4) is 0 Å². The Kier molecular flexibility index (Phi) is 6.35. The van der Waals surface area contributed by atoms with Gasteiger partial charge in [-0.05, 0) is 37.5 Å². The highest BCUT2D eigenvalue weighted by molar-refractivity contribution is 5.94. The second kappa shape index (κ2) is 9.51. The summed E-state index contributed by atoms with van der Waals surface area (Å²) >= 11 is 0. The fourth-order valence-corrected chi connectivity index (χ4v) is 3.90.